The molecule has 232 valence electrons. The second kappa shape index (κ2) is 19.9. The fourth-order valence-corrected chi connectivity index (χ4v) is 3.49. The monoisotopic (exact) mass is 604 g/mol. The van der Waals surface area contributed by atoms with Crippen molar-refractivity contribution in [2.75, 3.05) is 7.11 Å². The Morgan fingerprint density at radius 1 is 1.00 bits per heavy atom. The number of hydrogen-bond donors (Lipinski definition) is 4. The average molecular weight is 605 g/mol. The maximum Gasteiger partial charge on any atom is 0.404 e. The zero-order valence-corrected chi connectivity index (χ0v) is 26.2. The van der Waals surface area contributed by atoms with Crippen molar-refractivity contribution in [2.45, 2.75) is 66.5 Å². The van der Waals surface area contributed by atoms with Crippen LogP contribution >= 0.6 is 11.6 Å². The van der Waals surface area contributed by atoms with Crippen molar-refractivity contribution >= 4 is 35.4 Å². The number of amides is 4. The van der Waals surface area contributed by atoms with Gasteiger partial charge in [-0.2, -0.15) is 0 Å². The second-order valence-electron chi connectivity index (χ2n) is 10.5. The first-order chi connectivity index (χ1) is 19.6. The molecule has 0 saturated heterocycles. The number of nitrogens with two attached hydrogens (primary N) is 2. The van der Waals surface area contributed by atoms with E-state index in [1.54, 1.807) is 37.3 Å². The van der Waals surface area contributed by atoms with Gasteiger partial charge in [0.15, 0.2) is 5.76 Å². The molecule has 4 amide bonds. The predicted octanol–water partition coefficient (Wildman–Crippen LogP) is 4.80. The quantitative estimate of drug-likeness (QED) is 0.112. The van der Waals surface area contributed by atoms with E-state index in [1.807, 2.05) is 52.8 Å². The molecule has 0 fully saturated rings. The minimum Gasteiger partial charge on any atom is -0.491 e. The number of ether oxygens (including phenoxy) is 2. The van der Waals surface area contributed by atoms with Crippen LogP contribution in [0.5, 0.6) is 0 Å². The molecule has 6 N–H and O–H groups in total. The van der Waals surface area contributed by atoms with Gasteiger partial charge in [-0.25, -0.2) is 4.79 Å². The van der Waals surface area contributed by atoms with E-state index in [0.29, 0.717) is 17.9 Å². The van der Waals surface area contributed by atoms with Crippen molar-refractivity contribution in [3.8, 4) is 0 Å². The second-order valence-corrected chi connectivity index (χ2v) is 11.1. The van der Waals surface area contributed by atoms with E-state index in [-0.39, 0.29) is 11.7 Å². The minimum absolute atomic E-state index is 0.0668. The Balaban J connectivity index is 5.12. The smallest absolute Gasteiger partial charge is 0.404 e. The molecular weight excluding hydrogens is 560 g/mol. The zero-order valence-electron chi connectivity index (χ0n) is 25.5. The van der Waals surface area contributed by atoms with Gasteiger partial charge in [0, 0.05) is 23.9 Å². The van der Waals surface area contributed by atoms with E-state index >= 15 is 0 Å². The van der Waals surface area contributed by atoms with Crippen LogP contribution in [0.15, 0.2) is 83.3 Å². The maximum absolute atomic E-state index is 12.9. The summed E-state index contributed by atoms with van der Waals surface area (Å²) in [4.78, 5) is 47.7. The normalized spacial score (nSPS) is 15.7. The average Bonchev–Trinajstić information content (AvgIpc) is 2.87. The molecule has 0 saturated carbocycles. The molecule has 0 aliphatic carbocycles. The summed E-state index contributed by atoms with van der Waals surface area (Å²) in [5, 5.41) is 5.97. The molecule has 10 nitrogen and oxygen atoms in total. The lowest BCUT2D eigenvalue weighted by Crippen LogP contribution is -2.52. The molecule has 0 heterocycles. The van der Waals surface area contributed by atoms with Gasteiger partial charge in [0.2, 0.25) is 11.8 Å². The van der Waals surface area contributed by atoms with Crippen LogP contribution in [0.2, 0.25) is 0 Å². The molecule has 0 aromatic rings. The molecule has 0 spiro atoms. The van der Waals surface area contributed by atoms with Gasteiger partial charge in [-0.05, 0) is 37.5 Å². The summed E-state index contributed by atoms with van der Waals surface area (Å²) in [6, 6.07) is -0.820. The third-order valence-corrected chi connectivity index (χ3v) is 5.63. The van der Waals surface area contributed by atoms with Gasteiger partial charge in [0.25, 0.3) is 5.91 Å². The van der Waals surface area contributed by atoms with Gasteiger partial charge in [-0.15, -0.1) is 0 Å². The Morgan fingerprint density at radius 3 is 2.19 bits per heavy atom. The van der Waals surface area contributed by atoms with Gasteiger partial charge in [-0.3, -0.25) is 14.4 Å². The number of carbonyl (C=O) groups excluding carboxylic acids is 4. The van der Waals surface area contributed by atoms with Crippen LogP contribution in [0, 0.1) is 11.3 Å². The van der Waals surface area contributed by atoms with E-state index in [0.717, 1.165) is 5.57 Å². The predicted molar refractivity (Wildman–Crippen MR) is 167 cm³/mol. The van der Waals surface area contributed by atoms with Crippen LogP contribution in [-0.4, -0.2) is 43.1 Å². The Labute approximate surface area is 254 Å². The summed E-state index contributed by atoms with van der Waals surface area (Å²) in [5.74, 6) is -1.33. The molecular formula is C31H45ClN4O6. The van der Waals surface area contributed by atoms with E-state index in [9.17, 15) is 19.2 Å². The topological polar surface area (TPSA) is 163 Å². The van der Waals surface area contributed by atoms with Gasteiger partial charge in [0.1, 0.15) is 12.1 Å². The Bertz CT molecular complexity index is 1140. The molecule has 0 rings (SSSR count). The number of primary amides is 2. The number of nitrogens with one attached hydrogen (secondary N) is 2. The first kappa shape index (κ1) is 38.0. The SMILES string of the molecule is CO/C(=C/C=C/[C@@H](C)/C=C(C)/C=C\C=C/C(=O)N[C@H](C(=O)N/C=C\C[C@H](C/C=C(\C)Cl)OC(N)=O)C(C)(C)C)C(N)=O. The largest absolute Gasteiger partial charge is 0.491 e. The van der Waals surface area contributed by atoms with Crippen molar-refractivity contribution in [1.29, 1.82) is 0 Å². The summed E-state index contributed by atoms with van der Waals surface area (Å²) in [6.07, 6.45) is 17.6. The third-order valence-electron chi connectivity index (χ3n) is 5.47. The number of hydrogen-bond acceptors (Lipinski definition) is 6. The molecule has 0 aliphatic rings. The molecule has 0 aromatic heterocycles. The van der Waals surface area contributed by atoms with Crippen molar-refractivity contribution in [1.82, 2.24) is 10.6 Å². The molecule has 0 radical (unpaired) electrons. The third kappa shape index (κ3) is 18.3. The van der Waals surface area contributed by atoms with Gasteiger partial charge in [-0.1, -0.05) is 93.5 Å². The highest BCUT2D eigenvalue weighted by atomic mass is 35.5. The molecule has 0 aliphatic heterocycles. The lowest BCUT2D eigenvalue weighted by atomic mass is 9.86. The highest BCUT2D eigenvalue weighted by molar-refractivity contribution is 6.29. The van der Waals surface area contributed by atoms with Crippen molar-refractivity contribution in [2.24, 2.45) is 22.8 Å². The van der Waals surface area contributed by atoms with Gasteiger partial charge < -0.3 is 31.6 Å². The number of allylic oxidation sites excluding steroid dienone is 9. The van der Waals surface area contributed by atoms with Crippen LogP contribution in [0.3, 0.4) is 0 Å². The number of rotatable bonds is 16. The molecule has 3 atom stereocenters. The summed E-state index contributed by atoms with van der Waals surface area (Å²) >= 11 is 5.84. The standard InChI is InChI=1S/C31H45ClN4O6/c1-21(20-22(2)13-10-15-25(41-7)28(33)38)12-8-9-16-26(37)36-27(31(4,5)6)29(39)35-19-11-14-24(42-30(34)40)18-17-23(3)32/h8-13,15-17,19-20,22,24,27H,14,18H2,1-7H3,(H2,33,38)(H2,34,40)(H,35,39)(H,36,37)/b12-8-,13-10+,16-9-,19-11-,21-20+,23-17+,25-15+/t22-,24-,27-/m1/s1. The van der Waals surface area contributed by atoms with E-state index < -0.39 is 41.4 Å². The maximum atomic E-state index is 12.9. The van der Waals surface area contributed by atoms with Crippen molar-refractivity contribution in [3.05, 3.63) is 83.3 Å². The number of halogens is 1. The summed E-state index contributed by atoms with van der Waals surface area (Å²) in [5.41, 5.74) is 10.7. The van der Waals surface area contributed by atoms with Crippen LogP contribution < -0.4 is 22.1 Å². The lowest BCUT2D eigenvalue weighted by molar-refractivity contribution is -0.129. The van der Waals surface area contributed by atoms with Crippen LogP contribution in [-0.2, 0) is 23.9 Å². The summed E-state index contributed by atoms with van der Waals surface area (Å²) in [7, 11) is 1.37. The Morgan fingerprint density at radius 2 is 1.64 bits per heavy atom. The van der Waals surface area contributed by atoms with Crippen LogP contribution in [0.25, 0.3) is 0 Å². The molecule has 0 unspecified atom stereocenters. The highest BCUT2D eigenvalue weighted by Gasteiger charge is 2.31. The van der Waals surface area contributed by atoms with Crippen LogP contribution in [0.4, 0.5) is 4.79 Å². The van der Waals surface area contributed by atoms with Crippen molar-refractivity contribution in [3.63, 3.8) is 0 Å². The first-order valence-corrected chi connectivity index (χ1v) is 13.7. The minimum atomic E-state index is -0.901. The Kier molecular flexibility index (Phi) is 18.0. The number of carbonyl (C=O) groups is 4. The molecule has 11 heteroatoms. The molecule has 0 aromatic carbocycles. The molecule has 0 bridgehead atoms. The molecule has 42 heavy (non-hydrogen) atoms. The fraction of sp³-hybridized carbons (Fsp3) is 0.419. The summed E-state index contributed by atoms with van der Waals surface area (Å²) < 4.78 is 9.94. The highest BCUT2D eigenvalue weighted by Crippen LogP contribution is 2.19. The van der Waals surface area contributed by atoms with Gasteiger partial charge >= 0.3 is 6.09 Å². The van der Waals surface area contributed by atoms with E-state index in [4.69, 9.17) is 32.5 Å². The number of methoxy groups -OCH3 is 1. The van der Waals surface area contributed by atoms with Crippen LogP contribution in [0.1, 0.15) is 54.4 Å². The van der Waals surface area contributed by atoms with Gasteiger partial charge in [0.05, 0.1) is 7.11 Å². The summed E-state index contributed by atoms with van der Waals surface area (Å²) in [6.45, 7) is 11.1. The fourth-order valence-electron chi connectivity index (χ4n) is 3.41. The first-order valence-electron chi connectivity index (χ1n) is 13.4. The van der Waals surface area contributed by atoms with E-state index in [1.165, 1.54) is 25.5 Å². The van der Waals surface area contributed by atoms with Crippen molar-refractivity contribution < 1.29 is 28.7 Å². The van der Waals surface area contributed by atoms with E-state index in [2.05, 4.69) is 10.6 Å². The lowest BCUT2D eigenvalue weighted by Gasteiger charge is -2.29. The Hall–Kier alpha value is -4.05. The zero-order chi connectivity index (χ0) is 32.3.